The zero-order valence-electron chi connectivity index (χ0n) is 12.9. The van der Waals surface area contributed by atoms with Crippen molar-refractivity contribution in [1.82, 2.24) is 14.8 Å². The second-order valence-electron chi connectivity index (χ2n) is 5.14. The van der Waals surface area contributed by atoms with Crippen molar-refractivity contribution in [1.29, 1.82) is 0 Å². The van der Waals surface area contributed by atoms with Gasteiger partial charge in [-0.25, -0.2) is 0 Å². The van der Waals surface area contributed by atoms with Gasteiger partial charge < -0.3 is 9.67 Å². The average molecular weight is 305 g/mol. The summed E-state index contributed by atoms with van der Waals surface area (Å²) in [6, 6.07) is 10.1. The van der Waals surface area contributed by atoms with E-state index >= 15 is 0 Å². The van der Waals surface area contributed by atoms with E-state index in [1.165, 1.54) is 0 Å². The number of hydrogen-bond acceptors (Lipinski definition) is 4. The van der Waals surface area contributed by atoms with Crippen molar-refractivity contribution in [3.8, 4) is 11.4 Å². The largest absolute Gasteiger partial charge is 0.389 e. The first-order chi connectivity index (χ1) is 10.1. The van der Waals surface area contributed by atoms with Gasteiger partial charge in [0.25, 0.3) is 0 Å². The van der Waals surface area contributed by atoms with Crippen LogP contribution >= 0.6 is 11.8 Å². The lowest BCUT2D eigenvalue weighted by Gasteiger charge is -2.24. The Labute approximate surface area is 130 Å². The highest BCUT2D eigenvalue weighted by molar-refractivity contribution is 7.99. The number of aliphatic hydroxyl groups is 1. The third kappa shape index (κ3) is 3.66. The molecular formula is C16H23N3OS. The molecule has 5 heteroatoms. The van der Waals surface area contributed by atoms with E-state index < -0.39 is 5.60 Å². The maximum Gasteiger partial charge on any atom is 0.191 e. The number of aromatic nitrogens is 3. The van der Waals surface area contributed by atoms with Gasteiger partial charge in [-0.2, -0.15) is 0 Å². The minimum Gasteiger partial charge on any atom is -0.389 e. The van der Waals surface area contributed by atoms with E-state index in [1.54, 1.807) is 11.8 Å². The van der Waals surface area contributed by atoms with Gasteiger partial charge in [-0.3, -0.25) is 0 Å². The first-order valence-electron chi connectivity index (χ1n) is 7.47. The fraction of sp³-hybridized carbons (Fsp3) is 0.500. The number of thioether (sulfide) groups is 1. The number of hydrogen-bond donors (Lipinski definition) is 1. The smallest absolute Gasteiger partial charge is 0.191 e. The van der Waals surface area contributed by atoms with Gasteiger partial charge in [0.05, 0.1) is 5.60 Å². The van der Waals surface area contributed by atoms with Crippen LogP contribution in [0.15, 0.2) is 35.5 Å². The molecule has 1 N–H and O–H groups in total. The summed E-state index contributed by atoms with van der Waals surface area (Å²) in [5, 5.41) is 19.9. The van der Waals surface area contributed by atoms with Crippen molar-refractivity contribution in [3.63, 3.8) is 0 Å². The molecule has 0 saturated carbocycles. The molecule has 0 fully saturated rings. The summed E-state index contributed by atoms with van der Waals surface area (Å²) in [7, 11) is 0. The summed E-state index contributed by atoms with van der Waals surface area (Å²) in [5.74, 6) is 1.53. The average Bonchev–Trinajstić information content (AvgIpc) is 2.96. The topological polar surface area (TPSA) is 50.9 Å². The van der Waals surface area contributed by atoms with Crippen LogP contribution in [0.1, 0.15) is 33.6 Å². The molecular weight excluding hydrogens is 282 g/mol. The summed E-state index contributed by atoms with van der Waals surface area (Å²) in [6.45, 7) is 6.94. The van der Waals surface area contributed by atoms with Crippen LogP contribution in [0.4, 0.5) is 0 Å². The summed E-state index contributed by atoms with van der Waals surface area (Å²) >= 11 is 1.58. The molecule has 114 valence electrons. The fourth-order valence-electron chi connectivity index (χ4n) is 2.13. The monoisotopic (exact) mass is 305 g/mol. The third-order valence-corrected chi connectivity index (χ3v) is 5.09. The quantitative estimate of drug-likeness (QED) is 0.794. The third-order valence-electron chi connectivity index (χ3n) is 3.85. The molecule has 2 rings (SSSR count). The second-order valence-corrected chi connectivity index (χ2v) is 6.08. The molecule has 0 aliphatic heterocycles. The van der Waals surface area contributed by atoms with Crippen molar-refractivity contribution in [3.05, 3.63) is 30.3 Å². The molecule has 0 unspecified atom stereocenters. The van der Waals surface area contributed by atoms with Crippen molar-refractivity contribution >= 4 is 11.8 Å². The molecule has 21 heavy (non-hydrogen) atoms. The molecule has 0 aliphatic rings. The SMILES string of the molecule is CCn1c(SCC(O)(CC)CC)nnc1-c1ccccc1. The lowest BCUT2D eigenvalue weighted by Crippen LogP contribution is -2.29. The second kappa shape index (κ2) is 7.09. The van der Waals surface area contributed by atoms with Gasteiger partial charge in [0.15, 0.2) is 11.0 Å². The minimum absolute atomic E-state index is 0.623. The predicted molar refractivity (Wildman–Crippen MR) is 87.4 cm³/mol. The van der Waals surface area contributed by atoms with Gasteiger partial charge in [0.1, 0.15) is 0 Å². The Hall–Kier alpha value is -1.33. The van der Waals surface area contributed by atoms with E-state index in [1.807, 2.05) is 44.2 Å². The molecule has 0 radical (unpaired) electrons. The molecule has 0 saturated heterocycles. The Morgan fingerprint density at radius 3 is 2.33 bits per heavy atom. The number of rotatable bonds is 7. The van der Waals surface area contributed by atoms with Gasteiger partial charge >= 0.3 is 0 Å². The van der Waals surface area contributed by atoms with E-state index in [0.29, 0.717) is 5.75 Å². The van der Waals surface area contributed by atoms with Gasteiger partial charge in [-0.1, -0.05) is 55.9 Å². The van der Waals surface area contributed by atoms with Crippen molar-refractivity contribution in [2.75, 3.05) is 5.75 Å². The predicted octanol–water partition coefficient (Wildman–Crippen LogP) is 3.61. The summed E-state index contributed by atoms with van der Waals surface area (Å²) < 4.78 is 2.10. The summed E-state index contributed by atoms with van der Waals surface area (Å²) in [5.41, 5.74) is 0.446. The molecule has 1 aromatic carbocycles. The van der Waals surface area contributed by atoms with Crippen molar-refractivity contribution < 1.29 is 5.11 Å². The standard InChI is InChI=1S/C16H23N3OS/c1-4-16(20,5-2)12-21-15-18-17-14(19(15)6-3)13-10-8-7-9-11-13/h7-11,20H,4-6,12H2,1-3H3. The van der Waals surface area contributed by atoms with Crippen LogP contribution in [0.2, 0.25) is 0 Å². The van der Waals surface area contributed by atoms with E-state index in [2.05, 4.69) is 21.7 Å². The highest BCUT2D eigenvalue weighted by Crippen LogP contribution is 2.28. The Bertz CT molecular complexity index is 564. The van der Waals surface area contributed by atoms with Gasteiger partial charge in [-0.05, 0) is 19.8 Å². The number of nitrogens with zero attached hydrogens (tertiary/aromatic N) is 3. The Kier molecular flexibility index (Phi) is 5.42. The Morgan fingerprint density at radius 1 is 1.10 bits per heavy atom. The normalized spacial score (nSPS) is 11.8. The lowest BCUT2D eigenvalue weighted by molar-refractivity contribution is 0.0571. The summed E-state index contributed by atoms with van der Waals surface area (Å²) in [6.07, 6.45) is 1.50. The van der Waals surface area contributed by atoms with Crippen LogP contribution < -0.4 is 0 Å². The zero-order chi connectivity index (χ0) is 15.3. The van der Waals surface area contributed by atoms with E-state index in [9.17, 15) is 5.11 Å². The molecule has 1 aromatic heterocycles. The lowest BCUT2D eigenvalue weighted by atomic mass is 10.0. The molecule has 4 nitrogen and oxygen atoms in total. The minimum atomic E-state index is -0.623. The van der Waals surface area contributed by atoms with E-state index in [-0.39, 0.29) is 0 Å². The molecule has 0 aliphatic carbocycles. The highest BCUT2D eigenvalue weighted by Gasteiger charge is 2.24. The first kappa shape index (κ1) is 16.0. The van der Waals surface area contributed by atoms with Crippen LogP contribution in [0.5, 0.6) is 0 Å². The van der Waals surface area contributed by atoms with Crippen LogP contribution in [-0.2, 0) is 6.54 Å². The van der Waals surface area contributed by atoms with Crippen molar-refractivity contribution in [2.45, 2.75) is 50.9 Å². The first-order valence-corrected chi connectivity index (χ1v) is 8.46. The van der Waals surface area contributed by atoms with Crippen LogP contribution in [0.25, 0.3) is 11.4 Å². The number of benzene rings is 1. The molecule has 0 bridgehead atoms. The molecule has 0 amide bonds. The van der Waals surface area contributed by atoms with E-state index in [4.69, 9.17) is 0 Å². The van der Waals surface area contributed by atoms with Gasteiger partial charge in [0.2, 0.25) is 0 Å². The van der Waals surface area contributed by atoms with Gasteiger partial charge in [-0.15, -0.1) is 10.2 Å². The maximum absolute atomic E-state index is 10.4. The molecule has 0 spiro atoms. The van der Waals surface area contributed by atoms with Crippen LogP contribution in [-0.4, -0.2) is 31.2 Å². The Balaban J connectivity index is 2.21. The van der Waals surface area contributed by atoms with Crippen LogP contribution in [0, 0.1) is 0 Å². The Morgan fingerprint density at radius 2 is 1.76 bits per heavy atom. The van der Waals surface area contributed by atoms with Crippen LogP contribution in [0.3, 0.4) is 0 Å². The highest BCUT2D eigenvalue weighted by atomic mass is 32.2. The zero-order valence-corrected chi connectivity index (χ0v) is 13.7. The molecule has 0 atom stereocenters. The fourth-order valence-corrected chi connectivity index (χ4v) is 3.41. The molecule has 1 heterocycles. The molecule has 2 aromatic rings. The van der Waals surface area contributed by atoms with Crippen molar-refractivity contribution in [2.24, 2.45) is 0 Å². The van der Waals surface area contributed by atoms with E-state index in [0.717, 1.165) is 35.9 Å². The van der Waals surface area contributed by atoms with Gasteiger partial charge in [0, 0.05) is 17.9 Å². The summed E-state index contributed by atoms with van der Waals surface area (Å²) in [4.78, 5) is 0. The maximum atomic E-state index is 10.4.